The van der Waals surface area contributed by atoms with Gasteiger partial charge < -0.3 is 28.1 Å². The molecule has 0 aromatic carbocycles. The number of rotatable bonds is 4. The maximum absolute atomic E-state index is 13.4. The lowest BCUT2D eigenvalue weighted by Gasteiger charge is -2.70. The third-order valence-corrected chi connectivity index (χ3v) is 38.5. The first-order valence-electron chi connectivity index (χ1n) is 42.5. The van der Waals surface area contributed by atoms with Crippen molar-refractivity contribution in [2.75, 3.05) is 20.3 Å². The predicted octanol–water partition coefficient (Wildman–Crippen LogP) is 22.7. The minimum Gasteiger partial charge on any atom is -0.469 e. The molecule has 9 saturated carbocycles. The molecule has 0 aliphatic heterocycles. The van der Waals surface area contributed by atoms with Gasteiger partial charge in [0.25, 0.3) is 0 Å². The number of allylic oxidation sites excluding steroid dienone is 6. The third-order valence-electron chi connectivity index (χ3n) is 38.5. The monoisotopic (exact) mass is 1420 g/mol. The number of aliphatic hydroxyl groups is 1. The van der Waals surface area contributed by atoms with E-state index in [0.29, 0.717) is 106 Å². The molecule has 24 atom stereocenters. The van der Waals surface area contributed by atoms with E-state index in [0.717, 1.165) is 75.1 Å². The summed E-state index contributed by atoms with van der Waals surface area (Å²) in [7, 11) is 1.60. The first kappa shape index (κ1) is 73.9. The normalized spacial score (nSPS) is 48.2. The Kier molecular flexibility index (Phi) is 17.1. The number of fused-ring (bicyclic) bond motifs is 24. The van der Waals surface area contributed by atoms with Crippen molar-refractivity contribution in [1.82, 2.24) is 15.5 Å². The number of ether oxygens (including phenoxy) is 2. The Morgan fingerprint density at radius 1 is 0.452 bits per heavy atom. The van der Waals surface area contributed by atoms with Crippen LogP contribution in [0.25, 0.3) is 0 Å². The number of nitrogens with zero attached hydrogens (tertiary/aromatic N) is 3. The van der Waals surface area contributed by atoms with Crippen LogP contribution in [0.1, 0.15) is 337 Å². The van der Waals surface area contributed by atoms with Crippen molar-refractivity contribution >= 4 is 11.9 Å². The van der Waals surface area contributed by atoms with E-state index in [2.05, 4.69) is 158 Å². The van der Waals surface area contributed by atoms with Gasteiger partial charge in [0, 0.05) is 58.8 Å². The fourth-order valence-electron chi connectivity index (χ4n) is 31.8. The summed E-state index contributed by atoms with van der Waals surface area (Å²) in [6.07, 6.45) is 46.1. The zero-order chi connectivity index (χ0) is 74.2. The SMILES string of the molecule is CC(=O)OC[C@]12CCC(C)(C)C[C@H]1C1=CC[C@@H]3[C@@]4(C)Cc5cnoc5[C@@H](C)[C@@H]4CC[C@@]3(C)[C@]1(C)CC2.COC(=O)[C@]12CCC(C)(C)C[C@H]1C1=CC[C@@H]3[C@@]4(C)Cc5cnoc5[C@@H](C)[C@@H]4CC[C@@]3(C)[C@]1(C)CC2.C[C@@H]1c2oncc2C[C@]2(C)[C@H]3CC=C4[C@@H]5CC(C)(C)CC[C@]5(CO)CC[C@@]4(C)[C@]3(C)CC[C@@H]12. The van der Waals surface area contributed by atoms with Crippen LogP contribution in [0.15, 0.2) is 67.1 Å². The topological polar surface area (TPSA) is 151 Å². The van der Waals surface area contributed by atoms with Crippen LogP contribution in [0.4, 0.5) is 0 Å². The second-order valence-corrected chi connectivity index (χ2v) is 44.2. The molecule has 0 saturated heterocycles. The number of methoxy groups -OCH3 is 1. The standard InChI is InChI=1S/C32H47NO3.C31H45NO3.C30H45NO2/c1-20-23-10-11-31(7)26(29(23,5)16-22-18-33-36-27(20)22)9-8-24-25-17-28(3,4)12-14-32(25,19-35-21(2)34)15-13-30(24,31)6;1-19-21-10-11-30(6)24(28(21,4)16-20-18-32-35-25(19)20)9-8-22-23-17-27(2,3)12-14-31(23,26(33)34-7)15-13-29(22,30)5;1-19-21-9-10-29(6)24(27(21,4)15-20-17-31-33-25(19)20)8-7-22-23-16-26(2,3)11-13-30(23,18-32)14-12-28(22,29)5/h8,18,20,23,25-26H,9-17,19H2,1-7H3;8,18-19,21,23-24H,9-17H2,1-7H3;7,17,19,21,23-24,32H,8-16,18H2,1-6H3/t20-,23-,25-,26+,29-,30+,31+,32+;19-,21-,23-,24+,28-,29+,30+,31-;19-,21-,23-,24+,27-,28+,29+,30+/m000/s1. The van der Waals surface area contributed by atoms with Crippen molar-refractivity contribution in [3.8, 4) is 0 Å². The maximum atomic E-state index is 13.4. The van der Waals surface area contributed by atoms with Gasteiger partial charge >= 0.3 is 11.9 Å². The first-order chi connectivity index (χ1) is 48.8. The summed E-state index contributed by atoms with van der Waals surface area (Å²) in [5.74, 6) is 10.1. The molecule has 18 rings (SSSR count). The van der Waals surface area contributed by atoms with Crippen molar-refractivity contribution in [3.05, 3.63) is 87.5 Å². The molecule has 572 valence electrons. The molecule has 0 radical (unpaired) electrons. The molecule has 11 nitrogen and oxygen atoms in total. The summed E-state index contributed by atoms with van der Waals surface area (Å²) in [6.45, 7) is 47.9. The van der Waals surface area contributed by atoms with Crippen LogP contribution in [0.5, 0.6) is 0 Å². The second kappa shape index (κ2) is 24.1. The summed E-state index contributed by atoms with van der Waals surface area (Å²) in [5, 5.41) is 23.3. The van der Waals surface area contributed by atoms with Gasteiger partial charge in [0.1, 0.15) is 17.3 Å². The van der Waals surface area contributed by atoms with Gasteiger partial charge in [0.2, 0.25) is 0 Å². The Balaban J connectivity index is 0.000000120. The largest absolute Gasteiger partial charge is 0.469 e. The van der Waals surface area contributed by atoms with Crippen LogP contribution >= 0.6 is 0 Å². The number of hydrogen-bond donors (Lipinski definition) is 1. The summed E-state index contributed by atoms with van der Waals surface area (Å²) >= 11 is 0. The molecule has 0 spiro atoms. The minimum absolute atomic E-state index is 0.0463. The zero-order valence-corrected chi connectivity index (χ0v) is 68.5. The Bertz CT molecular complexity index is 3970. The van der Waals surface area contributed by atoms with Crippen molar-refractivity contribution in [1.29, 1.82) is 0 Å². The van der Waals surface area contributed by atoms with Gasteiger partial charge in [0.15, 0.2) is 0 Å². The van der Waals surface area contributed by atoms with E-state index in [9.17, 15) is 14.7 Å². The van der Waals surface area contributed by atoms with Crippen LogP contribution in [-0.2, 0) is 38.3 Å². The van der Waals surface area contributed by atoms with Crippen molar-refractivity contribution < 1.29 is 37.7 Å². The molecule has 1 N–H and O–H groups in total. The quantitative estimate of drug-likeness (QED) is 0.196. The number of carbonyl (C=O) groups is 2. The zero-order valence-electron chi connectivity index (χ0n) is 68.5. The predicted molar refractivity (Wildman–Crippen MR) is 410 cm³/mol. The Hall–Kier alpha value is -4.25. The van der Waals surface area contributed by atoms with Crippen molar-refractivity contribution in [2.45, 2.75) is 323 Å². The highest BCUT2D eigenvalue weighted by molar-refractivity contribution is 5.78. The summed E-state index contributed by atoms with van der Waals surface area (Å²) in [4.78, 5) is 25.3. The molecule has 0 unspecified atom stereocenters. The van der Waals surface area contributed by atoms with Crippen LogP contribution in [0.2, 0.25) is 0 Å². The Labute approximate surface area is 626 Å². The number of hydrogen-bond acceptors (Lipinski definition) is 11. The van der Waals surface area contributed by atoms with Gasteiger partial charge in [-0.3, -0.25) is 9.59 Å². The molecule has 0 amide bonds. The molecule has 11 heteroatoms. The molecule has 0 bridgehead atoms. The van der Waals surface area contributed by atoms with Crippen LogP contribution in [0.3, 0.4) is 0 Å². The van der Waals surface area contributed by atoms with Gasteiger partial charge in [-0.25, -0.2) is 0 Å². The number of aliphatic hydroxyl groups excluding tert-OH is 1. The average molecular weight is 1430 g/mol. The fraction of sp³-hybridized carbons (Fsp3) is 0.817. The molecule has 15 aliphatic rings. The van der Waals surface area contributed by atoms with Gasteiger partial charge in [0.05, 0.1) is 37.7 Å². The summed E-state index contributed by atoms with van der Waals surface area (Å²) in [6, 6.07) is 0. The highest BCUT2D eigenvalue weighted by Crippen LogP contribution is 2.80. The van der Waals surface area contributed by atoms with Gasteiger partial charge in [-0.05, 0) is 292 Å². The van der Waals surface area contributed by atoms with E-state index in [1.807, 2.05) is 18.6 Å². The Morgan fingerprint density at radius 2 is 0.779 bits per heavy atom. The van der Waals surface area contributed by atoms with Crippen LogP contribution in [-0.4, -0.2) is 52.8 Å². The highest BCUT2D eigenvalue weighted by Gasteiger charge is 2.72. The number of esters is 2. The van der Waals surface area contributed by atoms with Crippen molar-refractivity contribution in [3.63, 3.8) is 0 Å². The van der Waals surface area contributed by atoms with E-state index in [1.54, 1.807) is 30.8 Å². The Morgan fingerprint density at radius 3 is 1.16 bits per heavy atom. The van der Waals surface area contributed by atoms with Gasteiger partial charge in [-0.15, -0.1) is 0 Å². The van der Waals surface area contributed by atoms with Gasteiger partial charge in [-0.2, -0.15) is 0 Å². The van der Waals surface area contributed by atoms with E-state index >= 15 is 0 Å². The second-order valence-electron chi connectivity index (χ2n) is 44.2. The molecule has 15 aliphatic carbocycles. The lowest BCUT2D eigenvalue weighted by molar-refractivity contribution is -0.177. The molecule has 104 heavy (non-hydrogen) atoms. The number of aromatic nitrogens is 3. The molecule has 3 aromatic heterocycles. The van der Waals surface area contributed by atoms with Crippen molar-refractivity contribution in [2.24, 2.45) is 134 Å². The first-order valence-corrected chi connectivity index (χ1v) is 42.5. The van der Waals surface area contributed by atoms with E-state index < -0.39 is 0 Å². The molecule has 3 aromatic rings. The average Bonchev–Trinajstić information content (AvgIpc) is 0.820. The minimum atomic E-state index is -0.323. The van der Waals surface area contributed by atoms with E-state index in [-0.39, 0.29) is 71.5 Å². The lowest BCUT2D eigenvalue weighted by atomic mass is 9.34. The highest BCUT2D eigenvalue weighted by atomic mass is 16.5. The van der Waals surface area contributed by atoms with Gasteiger partial charge in [-0.1, -0.05) is 175 Å². The smallest absolute Gasteiger partial charge is 0.312 e. The van der Waals surface area contributed by atoms with E-state index in [4.69, 9.17) is 23.0 Å². The van der Waals surface area contributed by atoms with Crippen LogP contribution in [0, 0.1) is 134 Å². The number of carbonyl (C=O) groups excluding carboxylic acids is 2. The molecular weight excluding hydrogens is 1290 g/mol. The lowest BCUT2D eigenvalue weighted by Crippen LogP contribution is -2.63. The van der Waals surface area contributed by atoms with E-state index in [1.165, 1.54) is 132 Å². The maximum Gasteiger partial charge on any atom is 0.312 e. The summed E-state index contributed by atoms with van der Waals surface area (Å²) in [5.41, 5.74) is 12.3. The summed E-state index contributed by atoms with van der Waals surface area (Å²) < 4.78 is 28.6. The van der Waals surface area contributed by atoms with Crippen LogP contribution < -0.4 is 0 Å². The fourth-order valence-corrected chi connectivity index (χ4v) is 31.8. The third kappa shape index (κ3) is 10.1. The molecule has 9 fully saturated rings. The molecular formula is C93H137N3O8. The molecule has 3 heterocycles.